The lowest BCUT2D eigenvalue weighted by molar-refractivity contribution is 0.0720. The van der Waals surface area contributed by atoms with Gasteiger partial charge in [0, 0.05) is 24.5 Å². The SMILES string of the molecule is CCOc1cccc(CNS(=O)(=O)c2ccc(SC)c(C(=O)N3CCCCC3)c2)c1. The summed E-state index contributed by atoms with van der Waals surface area (Å²) in [4.78, 5) is 15.7. The second kappa shape index (κ2) is 10.3. The first-order valence-electron chi connectivity index (χ1n) is 10.1. The van der Waals surface area contributed by atoms with E-state index in [-0.39, 0.29) is 17.3 Å². The largest absolute Gasteiger partial charge is 0.494 e. The van der Waals surface area contributed by atoms with Crippen molar-refractivity contribution in [3.05, 3.63) is 53.6 Å². The van der Waals surface area contributed by atoms with Gasteiger partial charge in [-0.2, -0.15) is 0 Å². The van der Waals surface area contributed by atoms with Gasteiger partial charge in [0.25, 0.3) is 5.91 Å². The minimum Gasteiger partial charge on any atom is -0.494 e. The zero-order valence-corrected chi connectivity index (χ0v) is 19.0. The van der Waals surface area contributed by atoms with Crippen molar-refractivity contribution in [1.29, 1.82) is 0 Å². The number of nitrogens with one attached hydrogen (secondary N) is 1. The molecule has 1 fully saturated rings. The van der Waals surface area contributed by atoms with Crippen LogP contribution in [0.1, 0.15) is 42.1 Å². The molecular weight excluding hydrogens is 420 g/mol. The summed E-state index contributed by atoms with van der Waals surface area (Å²) in [6, 6.07) is 12.1. The fraction of sp³-hybridized carbons (Fsp3) is 0.409. The van der Waals surface area contributed by atoms with Gasteiger partial charge in [0.2, 0.25) is 10.0 Å². The smallest absolute Gasteiger partial charge is 0.255 e. The fourth-order valence-electron chi connectivity index (χ4n) is 3.46. The van der Waals surface area contributed by atoms with Gasteiger partial charge in [-0.25, -0.2) is 13.1 Å². The van der Waals surface area contributed by atoms with Crippen molar-refractivity contribution in [2.45, 2.75) is 42.5 Å². The molecule has 8 heteroatoms. The van der Waals surface area contributed by atoms with Gasteiger partial charge in [-0.15, -0.1) is 11.8 Å². The molecule has 0 unspecified atom stereocenters. The molecule has 0 aliphatic carbocycles. The van der Waals surface area contributed by atoms with E-state index in [4.69, 9.17) is 4.74 Å². The Labute approximate surface area is 183 Å². The molecule has 2 aromatic rings. The Bertz CT molecular complexity index is 986. The van der Waals surface area contributed by atoms with Crippen LogP contribution in [0.25, 0.3) is 0 Å². The van der Waals surface area contributed by atoms with Gasteiger partial charge in [0.05, 0.1) is 17.1 Å². The molecule has 1 amide bonds. The summed E-state index contributed by atoms with van der Waals surface area (Å²) >= 11 is 1.45. The van der Waals surface area contributed by atoms with E-state index in [1.54, 1.807) is 12.1 Å². The number of piperidine rings is 1. The molecule has 162 valence electrons. The van der Waals surface area contributed by atoms with Gasteiger partial charge in [0.1, 0.15) is 5.75 Å². The Balaban J connectivity index is 1.80. The Morgan fingerprint density at radius 3 is 2.60 bits per heavy atom. The molecule has 0 radical (unpaired) electrons. The van der Waals surface area contributed by atoms with Crippen LogP contribution in [0.15, 0.2) is 52.3 Å². The van der Waals surface area contributed by atoms with Crippen LogP contribution in [0.5, 0.6) is 5.75 Å². The zero-order valence-electron chi connectivity index (χ0n) is 17.4. The summed E-state index contributed by atoms with van der Waals surface area (Å²) in [6.45, 7) is 4.03. The van der Waals surface area contributed by atoms with Gasteiger partial charge in [-0.3, -0.25) is 4.79 Å². The Morgan fingerprint density at radius 2 is 1.90 bits per heavy atom. The van der Waals surface area contributed by atoms with Gasteiger partial charge in [0.15, 0.2) is 0 Å². The monoisotopic (exact) mass is 448 g/mol. The molecular formula is C22H28N2O4S2. The predicted molar refractivity (Wildman–Crippen MR) is 120 cm³/mol. The third kappa shape index (κ3) is 5.56. The number of amides is 1. The van der Waals surface area contributed by atoms with E-state index in [2.05, 4.69) is 4.72 Å². The molecule has 1 heterocycles. The van der Waals surface area contributed by atoms with Crippen LogP contribution in [0.4, 0.5) is 0 Å². The maximum absolute atomic E-state index is 13.0. The van der Waals surface area contributed by atoms with Crippen LogP contribution in [0, 0.1) is 0 Å². The van der Waals surface area contributed by atoms with Crippen molar-refractivity contribution in [1.82, 2.24) is 9.62 Å². The zero-order chi connectivity index (χ0) is 21.6. The number of ether oxygens (including phenoxy) is 1. The van der Waals surface area contributed by atoms with Gasteiger partial charge in [-0.05, 0) is 68.3 Å². The van der Waals surface area contributed by atoms with Crippen LogP contribution >= 0.6 is 11.8 Å². The highest BCUT2D eigenvalue weighted by molar-refractivity contribution is 7.98. The van der Waals surface area contributed by atoms with E-state index in [0.717, 1.165) is 42.8 Å². The van der Waals surface area contributed by atoms with Crippen molar-refractivity contribution in [3.63, 3.8) is 0 Å². The third-order valence-corrected chi connectivity index (χ3v) is 7.23. The van der Waals surface area contributed by atoms with Crippen LogP contribution in [0.2, 0.25) is 0 Å². The Morgan fingerprint density at radius 1 is 1.13 bits per heavy atom. The molecule has 0 aromatic heterocycles. The molecule has 1 aliphatic rings. The number of carbonyl (C=O) groups is 1. The minimum absolute atomic E-state index is 0.0967. The molecule has 1 N–H and O–H groups in total. The first-order valence-corrected chi connectivity index (χ1v) is 12.8. The van der Waals surface area contributed by atoms with Crippen molar-refractivity contribution >= 4 is 27.7 Å². The summed E-state index contributed by atoms with van der Waals surface area (Å²) in [7, 11) is -3.77. The molecule has 0 spiro atoms. The molecule has 0 atom stereocenters. The summed E-state index contributed by atoms with van der Waals surface area (Å²) in [5.74, 6) is 0.605. The molecule has 6 nitrogen and oxygen atoms in total. The molecule has 30 heavy (non-hydrogen) atoms. The predicted octanol–water partition coefficient (Wildman–Crippen LogP) is 3.91. The molecule has 2 aromatic carbocycles. The highest BCUT2D eigenvalue weighted by atomic mass is 32.2. The summed E-state index contributed by atoms with van der Waals surface area (Å²) in [6.07, 6.45) is 4.99. The van der Waals surface area contributed by atoms with E-state index in [1.807, 2.05) is 42.3 Å². The van der Waals surface area contributed by atoms with Crippen molar-refractivity contribution in [2.75, 3.05) is 26.0 Å². The van der Waals surface area contributed by atoms with E-state index in [0.29, 0.717) is 17.9 Å². The van der Waals surface area contributed by atoms with E-state index >= 15 is 0 Å². The maximum Gasteiger partial charge on any atom is 0.255 e. The standard InChI is InChI=1S/C22H28N2O4S2/c1-3-28-18-9-7-8-17(14-18)16-23-30(26,27)19-10-11-21(29-2)20(15-19)22(25)24-12-5-4-6-13-24/h7-11,14-15,23H,3-6,12-13,16H2,1-2H3. The van der Waals surface area contributed by atoms with Crippen molar-refractivity contribution < 1.29 is 17.9 Å². The normalized spacial score (nSPS) is 14.5. The van der Waals surface area contributed by atoms with Crippen LogP contribution in [0.3, 0.4) is 0 Å². The number of thioether (sulfide) groups is 1. The van der Waals surface area contributed by atoms with E-state index in [9.17, 15) is 13.2 Å². The Hall–Kier alpha value is -2.03. The van der Waals surface area contributed by atoms with Gasteiger partial charge in [-0.1, -0.05) is 12.1 Å². The molecule has 0 bridgehead atoms. The fourth-order valence-corrected chi connectivity index (χ4v) is 5.08. The second-order valence-electron chi connectivity index (χ2n) is 7.12. The van der Waals surface area contributed by atoms with Crippen molar-refractivity contribution in [3.8, 4) is 5.75 Å². The molecule has 1 saturated heterocycles. The Kier molecular flexibility index (Phi) is 7.80. The maximum atomic E-state index is 13.0. The molecule has 3 rings (SSSR count). The molecule has 0 saturated carbocycles. The number of carbonyl (C=O) groups excluding carboxylic acids is 1. The topological polar surface area (TPSA) is 75.7 Å². The van der Waals surface area contributed by atoms with E-state index < -0.39 is 10.0 Å². The lowest BCUT2D eigenvalue weighted by Crippen LogP contribution is -2.36. The van der Waals surface area contributed by atoms with Gasteiger partial charge >= 0.3 is 0 Å². The second-order valence-corrected chi connectivity index (χ2v) is 9.73. The van der Waals surface area contributed by atoms with Crippen molar-refractivity contribution in [2.24, 2.45) is 0 Å². The van der Waals surface area contributed by atoms with E-state index in [1.165, 1.54) is 17.8 Å². The number of likely N-dealkylation sites (tertiary alicyclic amines) is 1. The summed E-state index contributed by atoms with van der Waals surface area (Å²) < 4.78 is 33.9. The number of hydrogen-bond donors (Lipinski definition) is 1. The quantitative estimate of drug-likeness (QED) is 0.620. The average molecular weight is 449 g/mol. The highest BCUT2D eigenvalue weighted by Gasteiger charge is 2.23. The first-order chi connectivity index (χ1) is 14.4. The number of rotatable bonds is 8. The van der Waals surface area contributed by atoms with Crippen LogP contribution < -0.4 is 9.46 Å². The number of hydrogen-bond acceptors (Lipinski definition) is 5. The van der Waals surface area contributed by atoms with Gasteiger partial charge < -0.3 is 9.64 Å². The first kappa shape index (κ1) is 22.7. The third-order valence-electron chi connectivity index (χ3n) is 5.03. The van der Waals surface area contributed by atoms with Crippen LogP contribution in [-0.2, 0) is 16.6 Å². The lowest BCUT2D eigenvalue weighted by atomic mass is 10.1. The summed E-state index contributed by atoms with van der Waals surface area (Å²) in [5.41, 5.74) is 1.25. The average Bonchev–Trinajstić information content (AvgIpc) is 2.78. The number of benzene rings is 2. The minimum atomic E-state index is -3.77. The molecule has 1 aliphatic heterocycles. The highest BCUT2D eigenvalue weighted by Crippen LogP contribution is 2.26. The lowest BCUT2D eigenvalue weighted by Gasteiger charge is -2.27. The van der Waals surface area contributed by atoms with Crippen LogP contribution in [-0.4, -0.2) is 45.2 Å². The number of sulfonamides is 1. The number of nitrogens with zero attached hydrogens (tertiary/aromatic N) is 1. The summed E-state index contributed by atoms with van der Waals surface area (Å²) in [5, 5.41) is 0.